The summed E-state index contributed by atoms with van der Waals surface area (Å²) in [6.07, 6.45) is 4.19. The number of esters is 1. The number of carbonyl (C=O) groups is 1. The third-order valence-corrected chi connectivity index (χ3v) is 6.13. The summed E-state index contributed by atoms with van der Waals surface area (Å²) in [5.41, 5.74) is 1.90. The average molecular weight is 421 g/mol. The standard InChI is InChI=1S/C21H29BrN2O2/c1-5-20-23-17-11-15(22)7-9-18(17)24(20)12-21(25)26-19-10-14(4)6-8-16(19)13(2)3/h7,9,11,13-14,16,19H,5-6,8,10,12H2,1-4H3/t14?,16?,19-/m1/s1. The molecule has 0 radical (unpaired) electrons. The lowest BCUT2D eigenvalue weighted by molar-refractivity contribution is -0.156. The molecule has 2 unspecified atom stereocenters. The molecular formula is C21H29BrN2O2. The number of nitrogens with zero attached hydrogens (tertiary/aromatic N) is 2. The zero-order chi connectivity index (χ0) is 18.8. The number of hydrogen-bond donors (Lipinski definition) is 0. The van der Waals surface area contributed by atoms with Gasteiger partial charge in [0.15, 0.2) is 0 Å². The van der Waals surface area contributed by atoms with Crippen LogP contribution in [-0.2, 0) is 22.5 Å². The highest BCUT2D eigenvalue weighted by Crippen LogP contribution is 2.35. The van der Waals surface area contributed by atoms with E-state index in [4.69, 9.17) is 4.74 Å². The summed E-state index contributed by atoms with van der Waals surface area (Å²) in [6.45, 7) is 9.02. The average Bonchev–Trinajstić information content (AvgIpc) is 2.91. The Balaban J connectivity index is 1.78. The van der Waals surface area contributed by atoms with Crippen molar-refractivity contribution in [3.63, 3.8) is 0 Å². The van der Waals surface area contributed by atoms with Gasteiger partial charge in [-0.25, -0.2) is 4.98 Å². The number of carbonyl (C=O) groups excluding carboxylic acids is 1. The summed E-state index contributed by atoms with van der Waals surface area (Å²) < 4.78 is 8.98. The second kappa shape index (κ2) is 8.12. The largest absolute Gasteiger partial charge is 0.461 e. The first kappa shape index (κ1) is 19.4. The second-order valence-electron chi connectivity index (χ2n) is 7.96. The van der Waals surface area contributed by atoms with Gasteiger partial charge in [0, 0.05) is 10.9 Å². The van der Waals surface area contributed by atoms with Crippen LogP contribution in [0.3, 0.4) is 0 Å². The van der Waals surface area contributed by atoms with Crippen LogP contribution in [0.4, 0.5) is 0 Å². The van der Waals surface area contributed by atoms with E-state index in [2.05, 4.69) is 48.6 Å². The van der Waals surface area contributed by atoms with E-state index in [-0.39, 0.29) is 18.6 Å². The molecule has 3 rings (SSSR count). The predicted octanol–water partition coefficient (Wildman–Crippen LogP) is 5.37. The number of benzene rings is 1. The van der Waals surface area contributed by atoms with Crippen LogP contribution in [-0.4, -0.2) is 21.6 Å². The molecule has 4 nitrogen and oxygen atoms in total. The van der Waals surface area contributed by atoms with Gasteiger partial charge in [-0.15, -0.1) is 0 Å². The number of imidazole rings is 1. The second-order valence-corrected chi connectivity index (χ2v) is 8.87. The molecule has 0 amide bonds. The van der Waals surface area contributed by atoms with Gasteiger partial charge < -0.3 is 9.30 Å². The molecule has 0 spiro atoms. The van der Waals surface area contributed by atoms with Crippen LogP contribution in [0.5, 0.6) is 0 Å². The smallest absolute Gasteiger partial charge is 0.326 e. The minimum atomic E-state index is -0.147. The van der Waals surface area contributed by atoms with Gasteiger partial charge in [-0.05, 0) is 48.8 Å². The normalized spacial score (nSPS) is 23.5. The number of hydrogen-bond acceptors (Lipinski definition) is 3. The Bertz CT molecular complexity index is 784. The number of halogens is 1. The molecule has 1 aromatic carbocycles. The molecule has 1 aliphatic rings. The topological polar surface area (TPSA) is 44.1 Å². The van der Waals surface area contributed by atoms with E-state index >= 15 is 0 Å². The third-order valence-electron chi connectivity index (χ3n) is 5.64. The van der Waals surface area contributed by atoms with E-state index in [1.165, 1.54) is 6.42 Å². The molecule has 1 aromatic heterocycles. The molecule has 1 fully saturated rings. The van der Waals surface area contributed by atoms with Crippen molar-refractivity contribution in [2.24, 2.45) is 17.8 Å². The van der Waals surface area contributed by atoms with Crippen LogP contribution in [0.15, 0.2) is 22.7 Å². The minimum Gasteiger partial charge on any atom is -0.461 e. The molecular weight excluding hydrogens is 392 g/mol. The SMILES string of the molecule is CCc1nc2cc(Br)ccc2n1CC(=O)O[C@@H]1CC(C)CCC1C(C)C. The Morgan fingerprint density at radius 3 is 2.85 bits per heavy atom. The van der Waals surface area contributed by atoms with E-state index in [0.717, 1.165) is 40.6 Å². The maximum Gasteiger partial charge on any atom is 0.326 e. The number of fused-ring (bicyclic) bond motifs is 1. The van der Waals surface area contributed by atoms with Gasteiger partial charge >= 0.3 is 5.97 Å². The molecule has 3 atom stereocenters. The summed E-state index contributed by atoms with van der Waals surface area (Å²) >= 11 is 3.49. The fourth-order valence-electron chi connectivity index (χ4n) is 4.18. The van der Waals surface area contributed by atoms with Gasteiger partial charge in [-0.1, -0.05) is 50.0 Å². The first-order chi connectivity index (χ1) is 12.4. The van der Waals surface area contributed by atoms with Gasteiger partial charge in [-0.2, -0.15) is 0 Å². The van der Waals surface area contributed by atoms with Crippen molar-refractivity contribution in [3.8, 4) is 0 Å². The van der Waals surface area contributed by atoms with Crippen molar-refractivity contribution in [1.29, 1.82) is 0 Å². The monoisotopic (exact) mass is 420 g/mol. The maximum atomic E-state index is 12.8. The lowest BCUT2D eigenvalue weighted by Gasteiger charge is -2.36. The zero-order valence-corrected chi connectivity index (χ0v) is 17.8. The molecule has 1 aliphatic carbocycles. The molecule has 5 heteroatoms. The number of ether oxygens (including phenoxy) is 1. The maximum absolute atomic E-state index is 12.8. The fraction of sp³-hybridized carbons (Fsp3) is 0.619. The van der Waals surface area contributed by atoms with E-state index in [0.29, 0.717) is 17.8 Å². The lowest BCUT2D eigenvalue weighted by atomic mass is 9.75. The van der Waals surface area contributed by atoms with E-state index in [1.54, 1.807) is 0 Å². The molecule has 1 heterocycles. The Morgan fingerprint density at radius 2 is 2.15 bits per heavy atom. The first-order valence-electron chi connectivity index (χ1n) is 9.73. The van der Waals surface area contributed by atoms with Gasteiger partial charge in [0.1, 0.15) is 18.5 Å². The van der Waals surface area contributed by atoms with Crippen molar-refractivity contribution in [2.45, 2.75) is 66.0 Å². The summed E-state index contributed by atoms with van der Waals surface area (Å²) in [5, 5.41) is 0. The van der Waals surface area contributed by atoms with Crippen LogP contribution in [0, 0.1) is 17.8 Å². The summed E-state index contributed by atoms with van der Waals surface area (Å²) in [5.74, 6) is 2.41. The molecule has 142 valence electrons. The molecule has 0 bridgehead atoms. The van der Waals surface area contributed by atoms with Crippen molar-refractivity contribution in [2.75, 3.05) is 0 Å². The summed E-state index contributed by atoms with van der Waals surface area (Å²) in [7, 11) is 0. The van der Waals surface area contributed by atoms with Crippen LogP contribution < -0.4 is 0 Å². The highest BCUT2D eigenvalue weighted by atomic mass is 79.9. The van der Waals surface area contributed by atoms with Gasteiger partial charge in [0.2, 0.25) is 0 Å². The molecule has 0 aliphatic heterocycles. The molecule has 2 aromatic rings. The number of aryl methyl sites for hydroxylation is 1. The molecule has 0 saturated heterocycles. The van der Waals surface area contributed by atoms with Crippen LogP contribution in [0.25, 0.3) is 11.0 Å². The van der Waals surface area contributed by atoms with E-state index < -0.39 is 0 Å². The molecule has 26 heavy (non-hydrogen) atoms. The molecule has 1 saturated carbocycles. The van der Waals surface area contributed by atoms with Gasteiger partial charge in [0.05, 0.1) is 11.0 Å². The minimum absolute atomic E-state index is 0.0419. The Hall–Kier alpha value is -1.36. The Morgan fingerprint density at radius 1 is 1.38 bits per heavy atom. The number of aromatic nitrogens is 2. The number of rotatable bonds is 5. The lowest BCUT2D eigenvalue weighted by Crippen LogP contribution is -2.36. The Labute approximate surface area is 164 Å². The van der Waals surface area contributed by atoms with Crippen LogP contribution in [0.2, 0.25) is 0 Å². The highest BCUT2D eigenvalue weighted by Gasteiger charge is 2.33. The Kier molecular flexibility index (Phi) is 6.06. The van der Waals surface area contributed by atoms with Gasteiger partial charge in [0.25, 0.3) is 0 Å². The van der Waals surface area contributed by atoms with Gasteiger partial charge in [-0.3, -0.25) is 4.79 Å². The molecule has 0 N–H and O–H groups in total. The summed E-state index contributed by atoms with van der Waals surface area (Å²) in [6, 6.07) is 6.00. The van der Waals surface area contributed by atoms with Crippen molar-refractivity contribution in [3.05, 3.63) is 28.5 Å². The van der Waals surface area contributed by atoms with E-state index in [1.807, 2.05) is 22.8 Å². The first-order valence-corrected chi connectivity index (χ1v) is 10.5. The van der Waals surface area contributed by atoms with Crippen LogP contribution >= 0.6 is 15.9 Å². The van der Waals surface area contributed by atoms with Crippen molar-refractivity contribution in [1.82, 2.24) is 9.55 Å². The highest BCUT2D eigenvalue weighted by molar-refractivity contribution is 9.10. The van der Waals surface area contributed by atoms with Crippen LogP contribution in [0.1, 0.15) is 52.8 Å². The van der Waals surface area contributed by atoms with E-state index in [9.17, 15) is 4.79 Å². The summed E-state index contributed by atoms with van der Waals surface area (Å²) in [4.78, 5) is 17.4. The van der Waals surface area contributed by atoms with Crippen molar-refractivity contribution < 1.29 is 9.53 Å². The van der Waals surface area contributed by atoms with Crippen molar-refractivity contribution >= 4 is 32.9 Å². The zero-order valence-electron chi connectivity index (χ0n) is 16.2. The predicted molar refractivity (Wildman–Crippen MR) is 108 cm³/mol. The third kappa shape index (κ3) is 4.13. The fourth-order valence-corrected chi connectivity index (χ4v) is 4.53. The quantitative estimate of drug-likeness (QED) is 0.610.